The van der Waals surface area contributed by atoms with Gasteiger partial charge in [-0.25, -0.2) is 8.42 Å². The van der Waals surface area contributed by atoms with E-state index in [2.05, 4.69) is 5.32 Å². The first-order valence-corrected chi connectivity index (χ1v) is 11.9. The van der Waals surface area contributed by atoms with Gasteiger partial charge >= 0.3 is 0 Å². The van der Waals surface area contributed by atoms with Crippen LogP contribution in [-0.4, -0.2) is 27.1 Å². The molecule has 6 nitrogen and oxygen atoms in total. The minimum absolute atomic E-state index is 0.184. The molecule has 0 saturated heterocycles. The van der Waals surface area contributed by atoms with Crippen molar-refractivity contribution < 1.29 is 17.9 Å². The first kappa shape index (κ1) is 22.4. The standard InChI is InChI=1S/C24H26N2O4S/c1-3-23(19-10-6-4-7-11-19)25-24(27)18-26(31(2,28)29)20-14-16-22(17-15-20)30-21-12-8-5-9-13-21/h4-17,23H,3,18H2,1-2H3,(H,25,27)/t23-/m1/s1. The van der Waals surface area contributed by atoms with Crippen molar-refractivity contribution in [1.82, 2.24) is 5.32 Å². The number of hydrogen-bond acceptors (Lipinski definition) is 4. The second-order valence-corrected chi connectivity index (χ2v) is 9.02. The molecule has 1 amide bonds. The monoisotopic (exact) mass is 438 g/mol. The number of hydrogen-bond donors (Lipinski definition) is 1. The van der Waals surface area contributed by atoms with Gasteiger partial charge in [-0.3, -0.25) is 9.10 Å². The van der Waals surface area contributed by atoms with Gasteiger partial charge < -0.3 is 10.1 Å². The predicted molar refractivity (Wildman–Crippen MR) is 123 cm³/mol. The lowest BCUT2D eigenvalue weighted by Crippen LogP contribution is -2.41. The number of nitrogens with zero attached hydrogens (tertiary/aromatic N) is 1. The Hall–Kier alpha value is -3.32. The largest absolute Gasteiger partial charge is 0.457 e. The number of para-hydroxylation sites is 1. The Balaban J connectivity index is 1.72. The highest BCUT2D eigenvalue weighted by molar-refractivity contribution is 7.92. The normalized spacial score (nSPS) is 12.1. The van der Waals surface area contributed by atoms with E-state index < -0.39 is 10.0 Å². The molecule has 0 aliphatic carbocycles. The van der Waals surface area contributed by atoms with Crippen LogP contribution < -0.4 is 14.4 Å². The summed E-state index contributed by atoms with van der Waals surface area (Å²) < 4.78 is 31.6. The molecule has 0 heterocycles. The number of ether oxygens (including phenoxy) is 1. The topological polar surface area (TPSA) is 75.7 Å². The van der Waals surface area contributed by atoms with Crippen LogP contribution in [0.2, 0.25) is 0 Å². The van der Waals surface area contributed by atoms with Gasteiger partial charge in [-0.05, 0) is 48.4 Å². The molecule has 3 aromatic rings. The number of sulfonamides is 1. The molecule has 0 saturated carbocycles. The molecular formula is C24H26N2O4S. The van der Waals surface area contributed by atoms with Crippen LogP contribution in [-0.2, 0) is 14.8 Å². The maximum Gasteiger partial charge on any atom is 0.241 e. The summed E-state index contributed by atoms with van der Waals surface area (Å²) in [7, 11) is -3.66. The van der Waals surface area contributed by atoms with Gasteiger partial charge in [0.25, 0.3) is 0 Å². The summed E-state index contributed by atoms with van der Waals surface area (Å²) in [5, 5.41) is 2.93. The van der Waals surface area contributed by atoms with Gasteiger partial charge in [-0.15, -0.1) is 0 Å². The number of benzene rings is 3. The first-order chi connectivity index (χ1) is 14.9. The van der Waals surface area contributed by atoms with E-state index in [9.17, 15) is 13.2 Å². The lowest BCUT2D eigenvalue weighted by molar-refractivity contribution is -0.120. The highest BCUT2D eigenvalue weighted by Gasteiger charge is 2.22. The van der Waals surface area contributed by atoms with Crippen molar-refractivity contribution in [1.29, 1.82) is 0 Å². The molecule has 0 bridgehead atoms. The Morgan fingerprint density at radius 1 is 0.903 bits per heavy atom. The van der Waals surface area contributed by atoms with E-state index in [0.717, 1.165) is 16.1 Å². The van der Waals surface area contributed by atoms with Crippen molar-refractivity contribution in [2.45, 2.75) is 19.4 Å². The molecule has 7 heteroatoms. The Kier molecular flexibility index (Phi) is 7.31. The van der Waals surface area contributed by atoms with Crippen LogP contribution in [0.5, 0.6) is 11.5 Å². The second-order valence-electron chi connectivity index (χ2n) is 7.12. The molecule has 0 spiro atoms. The summed E-state index contributed by atoms with van der Waals surface area (Å²) in [6.07, 6.45) is 1.78. The maximum absolute atomic E-state index is 12.7. The average molecular weight is 439 g/mol. The van der Waals surface area contributed by atoms with Gasteiger partial charge in [0.1, 0.15) is 18.0 Å². The van der Waals surface area contributed by atoms with Gasteiger partial charge in [-0.1, -0.05) is 55.5 Å². The molecule has 3 rings (SSSR count). The maximum atomic E-state index is 12.7. The Morgan fingerprint density at radius 2 is 1.45 bits per heavy atom. The molecule has 31 heavy (non-hydrogen) atoms. The van der Waals surface area contributed by atoms with Crippen LogP contribution in [0, 0.1) is 0 Å². The van der Waals surface area contributed by atoms with Gasteiger partial charge in [-0.2, -0.15) is 0 Å². The van der Waals surface area contributed by atoms with Gasteiger partial charge in [0.2, 0.25) is 15.9 Å². The minimum Gasteiger partial charge on any atom is -0.457 e. The van der Waals surface area contributed by atoms with E-state index in [1.165, 1.54) is 0 Å². The van der Waals surface area contributed by atoms with Gasteiger partial charge in [0, 0.05) is 0 Å². The molecule has 1 N–H and O–H groups in total. The quantitative estimate of drug-likeness (QED) is 0.533. The lowest BCUT2D eigenvalue weighted by atomic mass is 10.0. The molecule has 0 fully saturated rings. The number of anilines is 1. The fourth-order valence-electron chi connectivity index (χ4n) is 3.18. The van der Waals surface area contributed by atoms with Crippen molar-refractivity contribution in [3.8, 4) is 11.5 Å². The van der Waals surface area contributed by atoms with Crippen LogP contribution in [0.25, 0.3) is 0 Å². The number of nitrogens with one attached hydrogen (secondary N) is 1. The van der Waals surface area contributed by atoms with Crippen molar-refractivity contribution >= 4 is 21.6 Å². The van der Waals surface area contributed by atoms with E-state index in [1.54, 1.807) is 24.3 Å². The average Bonchev–Trinajstić information content (AvgIpc) is 2.77. The van der Waals surface area contributed by atoms with Crippen LogP contribution in [0.3, 0.4) is 0 Å². The molecule has 0 aliphatic heterocycles. The molecule has 0 aliphatic rings. The highest BCUT2D eigenvalue weighted by Crippen LogP contribution is 2.25. The lowest BCUT2D eigenvalue weighted by Gasteiger charge is -2.24. The third-order valence-corrected chi connectivity index (χ3v) is 5.88. The van der Waals surface area contributed by atoms with Crippen LogP contribution in [0.15, 0.2) is 84.9 Å². The summed E-state index contributed by atoms with van der Waals surface area (Å²) in [5.74, 6) is 0.884. The molecule has 0 aromatic heterocycles. The van der Waals surface area contributed by atoms with E-state index in [0.29, 0.717) is 23.6 Å². The van der Waals surface area contributed by atoms with E-state index in [4.69, 9.17) is 4.74 Å². The fraction of sp³-hybridized carbons (Fsp3) is 0.208. The number of carbonyl (C=O) groups excluding carboxylic acids is 1. The SMILES string of the molecule is CC[C@@H](NC(=O)CN(c1ccc(Oc2ccccc2)cc1)S(C)(=O)=O)c1ccccc1. The van der Waals surface area contributed by atoms with Gasteiger partial charge in [0.15, 0.2) is 0 Å². The fourth-order valence-corrected chi connectivity index (χ4v) is 4.04. The van der Waals surface area contributed by atoms with Crippen LogP contribution in [0.1, 0.15) is 24.9 Å². The third-order valence-electron chi connectivity index (χ3n) is 4.74. The summed E-state index contributed by atoms with van der Waals surface area (Å²) in [6, 6.07) is 25.3. The van der Waals surface area contributed by atoms with E-state index >= 15 is 0 Å². The van der Waals surface area contributed by atoms with Crippen LogP contribution >= 0.6 is 0 Å². The molecule has 0 unspecified atom stereocenters. The molecular weight excluding hydrogens is 412 g/mol. The van der Waals surface area contributed by atoms with Gasteiger partial charge in [0.05, 0.1) is 18.0 Å². The molecule has 3 aromatic carbocycles. The summed E-state index contributed by atoms with van der Waals surface area (Å²) in [4.78, 5) is 12.7. The Labute approximate surface area is 183 Å². The van der Waals surface area contributed by atoms with Crippen molar-refractivity contribution in [2.75, 3.05) is 17.1 Å². The van der Waals surface area contributed by atoms with Crippen molar-refractivity contribution in [2.24, 2.45) is 0 Å². The van der Waals surface area contributed by atoms with Crippen LogP contribution in [0.4, 0.5) is 5.69 Å². The Bertz CT molecular complexity index is 1090. The number of amides is 1. The predicted octanol–water partition coefficient (Wildman–Crippen LogP) is 4.51. The molecule has 162 valence electrons. The highest BCUT2D eigenvalue weighted by atomic mass is 32.2. The number of carbonyl (C=O) groups is 1. The summed E-state index contributed by atoms with van der Waals surface area (Å²) in [5.41, 5.74) is 1.37. The zero-order chi connectivity index (χ0) is 22.3. The smallest absolute Gasteiger partial charge is 0.241 e. The zero-order valence-corrected chi connectivity index (χ0v) is 18.4. The minimum atomic E-state index is -3.66. The summed E-state index contributed by atoms with van der Waals surface area (Å²) >= 11 is 0. The second kappa shape index (κ2) is 10.1. The molecule has 0 radical (unpaired) electrons. The van der Waals surface area contributed by atoms with Crippen molar-refractivity contribution in [3.63, 3.8) is 0 Å². The summed E-state index contributed by atoms with van der Waals surface area (Å²) in [6.45, 7) is 1.67. The number of rotatable bonds is 9. The zero-order valence-electron chi connectivity index (χ0n) is 17.6. The Morgan fingerprint density at radius 3 is 2.00 bits per heavy atom. The first-order valence-electron chi connectivity index (χ1n) is 10.0. The van der Waals surface area contributed by atoms with E-state index in [1.807, 2.05) is 67.6 Å². The van der Waals surface area contributed by atoms with E-state index in [-0.39, 0.29) is 18.5 Å². The third kappa shape index (κ3) is 6.33. The molecule has 1 atom stereocenters. The van der Waals surface area contributed by atoms with Crippen molar-refractivity contribution in [3.05, 3.63) is 90.5 Å².